The highest BCUT2D eigenvalue weighted by Gasteiger charge is 2.18. The Labute approximate surface area is 180 Å². The summed E-state index contributed by atoms with van der Waals surface area (Å²) in [4.78, 5) is 44.6. The molecule has 0 spiro atoms. The minimum absolute atomic E-state index is 0.0317. The number of thiazole rings is 1. The van der Waals surface area contributed by atoms with Crippen molar-refractivity contribution in [1.29, 1.82) is 0 Å². The number of rotatable bonds is 7. The number of amides is 1. The molecule has 1 amide bonds. The molecule has 0 aliphatic carbocycles. The smallest absolute Gasteiger partial charge is 0.350 e. The molecule has 0 bridgehead atoms. The van der Waals surface area contributed by atoms with Gasteiger partial charge in [0, 0.05) is 11.8 Å². The number of esters is 1. The first-order valence-electron chi connectivity index (χ1n) is 8.91. The molecule has 0 aliphatic rings. The van der Waals surface area contributed by atoms with Crippen molar-refractivity contribution in [2.75, 3.05) is 23.4 Å². The molecule has 11 heteroatoms. The van der Waals surface area contributed by atoms with Crippen LogP contribution in [0.5, 0.6) is 0 Å². The van der Waals surface area contributed by atoms with Crippen molar-refractivity contribution >= 4 is 45.9 Å². The van der Waals surface area contributed by atoms with Gasteiger partial charge in [0.15, 0.2) is 10.3 Å². The van der Waals surface area contributed by atoms with Crippen LogP contribution in [0.15, 0.2) is 46.3 Å². The number of hydrogen-bond donors (Lipinski definition) is 2. The number of nitrogen functional groups attached to an aromatic ring is 1. The Kier molecular flexibility index (Phi) is 6.85. The van der Waals surface area contributed by atoms with Crippen molar-refractivity contribution in [1.82, 2.24) is 14.5 Å². The average Bonchev–Trinajstić information content (AvgIpc) is 3.07. The maximum atomic E-state index is 12.4. The molecule has 3 N–H and O–H groups in total. The SMILES string of the molecule is CCOC(=O)c1sc(NC(=O)CSc2nc(=O)cc(N)n2-c2ccccc2)nc1C. The average molecular weight is 446 g/mol. The molecule has 0 aliphatic heterocycles. The Hall–Kier alpha value is -3.18. The summed E-state index contributed by atoms with van der Waals surface area (Å²) in [5, 5.41) is 3.24. The number of hydrogen-bond acceptors (Lipinski definition) is 9. The number of anilines is 2. The van der Waals surface area contributed by atoms with Gasteiger partial charge in [-0.25, -0.2) is 9.78 Å². The van der Waals surface area contributed by atoms with Gasteiger partial charge in [0.05, 0.1) is 18.1 Å². The van der Waals surface area contributed by atoms with Crippen LogP contribution >= 0.6 is 23.1 Å². The number of para-hydroxylation sites is 1. The predicted octanol–water partition coefficient (Wildman–Crippen LogP) is 2.49. The molecule has 30 heavy (non-hydrogen) atoms. The molecular formula is C19H19N5O4S2. The van der Waals surface area contributed by atoms with Gasteiger partial charge in [-0.15, -0.1) is 0 Å². The van der Waals surface area contributed by atoms with E-state index in [9.17, 15) is 14.4 Å². The normalized spacial score (nSPS) is 10.6. The molecule has 0 atom stereocenters. The highest BCUT2D eigenvalue weighted by molar-refractivity contribution is 7.99. The summed E-state index contributed by atoms with van der Waals surface area (Å²) in [5.74, 6) is -0.645. The predicted molar refractivity (Wildman–Crippen MR) is 116 cm³/mol. The number of aromatic nitrogens is 3. The number of benzene rings is 1. The maximum Gasteiger partial charge on any atom is 0.350 e. The first kappa shape index (κ1) is 21.5. The number of nitrogens with two attached hydrogens (primary N) is 1. The van der Waals surface area contributed by atoms with Crippen LogP contribution in [0.2, 0.25) is 0 Å². The lowest BCUT2D eigenvalue weighted by atomic mass is 10.3. The fourth-order valence-electron chi connectivity index (χ4n) is 2.53. The number of nitrogens with one attached hydrogen (secondary N) is 1. The Morgan fingerprint density at radius 2 is 2.00 bits per heavy atom. The third-order valence-corrected chi connectivity index (χ3v) is 5.77. The molecule has 0 saturated carbocycles. The topological polar surface area (TPSA) is 129 Å². The van der Waals surface area contributed by atoms with Crippen molar-refractivity contribution in [3.8, 4) is 5.69 Å². The monoisotopic (exact) mass is 445 g/mol. The Balaban J connectivity index is 1.74. The van der Waals surface area contributed by atoms with Crippen molar-refractivity contribution in [3.05, 3.63) is 57.3 Å². The lowest BCUT2D eigenvalue weighted by Gasteiger charge is -2.14. The van der Waals surface area contributed by atoms with Crippen molar-refractivity contribution < 1.29 is 14.3 Å². The molecule has 0 radical (unpaired) electrons. The van der Waals surface area contributed by atoms with E-state index >= 15 is 0 Å². The molecule has 0 saturated heterocycles. The Bertz CT molecular complexity index is 1130. The minimum Gasteiger partial charge on any atom is -0.462 e. The lowest BCUT2D eigenvalue weighted by Crippen LogP contribution is -2.19. The second-order valence-electron chi connectivity index (χ2n) is 5.96. The second-order valence-corrected chi connectivity index (χ2v) is 7.91. The first-order valence-corrected chi connectivity index (χ1v) is 10.7. The molecule has 2 aromatic heterocycles. The standard InChI is InChI=1S/C19H19N5O4S2/c1-3-28-17(27)16-11(2)21-18(30-16)22-15(26)10-29-19-23-14(25)9-13(20)24(19)12-7-5-4-6-8-12/h4-9H,3,10,20H2,1-2H3,(H,21,22,26). The van der Waals surface area contributed by atoms with Crippen LogP contribution in [0, 0.1) is 6.92 Å². The summed E-state index contributed by atoms with van der Waals surface area (Å²) >= 11 is 2.11. The highest BCUT2D eigenvalue weighted by Crippen LogP contribution is 2.25. The molecule has 9 nitrogen and oxygen atoms in total. The van der Waals surface area contributed by atoms with Gasteiger partial charge in [0.25, 0.3) is 5.56 Å². The third-order valence-electron chi connectivity index (χ3n) is 3.78. The number of carbonyl (C=O) groups excluding carboxylic acids is 2. The summed E-state index contributed by atoms with van der Waals surface area (Å²) in [6, 6.07) is 10.4. The molecule has 1 aromatic carbocycles. The summed E-state index contributed by atoms with van der Waals surface area (Å²) in [6.45, 7) is 3.64. The van der Waals surface area contributed by atoms with Crippen LogP contribution in [-0.2, 0) is 9.53 Å². The fourth-order valence-corrected chi connectivity index (χ4v) is 4.24. The van der Waals surface area contributed by atoms with E-state index in [2.05, 4.69) is 15.3 Å². The number of aryl methyl sites for hydroxylation is 1. The number of carbonyl (C=O) groups is 2. The van der Waals surface area contributed by atoms with E-state index in [4.69, 9.17) is 10.5 Å². The number of thioether (sulfide) groups is 1. The zero-order valence-corrected chi connectivity index (χ0v) is 17.9. The van der Waals surface area contributed by atoms with Gasteiger partial charge < -0.3 is 15.8 Å². The van der Waals surface area contributed by atoms with E-state index in [-0.39, 0.29) is 24.1 Å². The van der Waals surface area contributed by atoms with Crippen LogP contribution in [0.4, 0.5) is 10.9 Å². The van der Waals surface area contributed by atoms with Gasteiger partial charge in [0.1, 0.15) is 10.7 Å². The van der Waals surface area contributed by atoms with Crippen molar-refractivity contribution in [2.24, 2.45) is 0 Å². The van der Waals surface area contributed by atoms with E-state index in [0.29, 0.717) is 20.9 Å². The fraction of sp³-hybridized carbons (Fsp3) is 0.211. The van der Waals surface area contributed by atoms with Gasteiger partial charge in [0.2, 0.25) is 5.91 Å². The number of nitrogens with zero attached hydrogens (tertiary/aromatic N) is 3. The lowest BCUT2D eigenvalue weighted by molar-refractivity contribution is -0.113. The third kappa shape index (κ3) is 5.05. The maximum absolute atomic E-state index is 12.4. The minimum atomic E-state index is -0.489. The van der Waals surface area contributed by atoms with Crippen LogP contribution in [0.3, 0.4) is 0 Å². The molecule has 0 unspecified atom stereocenters. The first-order chi connectivity index (χ1) is 14.4. The molecule has 0 fully saturated rings. The van der Waals surface area contributed by atoms with Crippen LogP contribution in [0.25, 0.3) is 5.69 Å². The quantitative estimate of drug-likeness (QED) is 0.322. The summed E-state index contributed by atoms with van der Waals surface area (Å²) in [7, 11) is 0. The summed E-state index contributed by atoms with van der Waals surface area (Å²) < 4.78 is 6.58. The Morgan fingerprint density at radius 1 is 1.27 bits per heavy atom. The largest absolute Gasteiger partial charge is 0.462 e. The van der Waals surface area contributed by atoms with Gasteiger partial charge in [-0.3, -0.25) is 14.2 Å². The van der Waals surface area contributed by atoms with Crippen molar-refractivity contribution in [3.63, 3.8) is 0 Å². The van der Waals surface area contributed by atoms with Crippen LogP contribution < -0.4 is 16.6 Å². The van der Waals surface area contributed by atoms with Gasteiger partial charge >= 0.3 is 5.97 Å². The van der Waals surface area contributed by atoms with E-state index in [1.807, 2.05) is 30.3 Å². The summed E-state index contributed by atoms with van der Waals surface area (Å²) in [6.07, 6.45) is 0. The van der Waals surface area contributed by atoms with E-state index in [1.54, 1.807) is 18.4 Å². The second kappa shape index (κ2) is 9.55. The van der Waals surface area contributed by atoms with Gasteiger partial charge in [-0.2, -0.15) is 4.98 Å². The zero-order valence-electron chi connectivity index (χ0n) is 16.2. The van der Waals surface area contributed by atoms with Crippen molar-refractivity contribution in [2.45, 2.75) is 19.0 Å². The molecular weight excluding hydrogens is 426 g/mol. The molecule has 3 rings (SSSR count). The summed E-state index contributed by atoms with van der Waals surface area (Å²) in [5.41, 5.74) is 6.73. The van der Waals surface area contributed by atoms with E-state index in [1.165, 1.54) is 6.07 Å². The van der Waals surface area contributed by atoms with Crippen LogP contribution in [-0.4, -0.2) is 38.8 Å². The number of ether oxygens (including phenoxy) is 1. The molecule has 2 heterocycles. The van der Waals surface area contributed by atoms with Gasteiger partial charge in [-0.05, 0) is 26.0 Å². The van der Waals surface area contributed by atoms with Gasteiger partial charge in [-0.1, -0.05) is 41.3 Å². The highest BCUT2D eigenvalue weighted by atomic mass is 32.2. The van der Waals surface area contributed by atoms with E-state index < -0.39 is 11.5 Å². The van der Waals surface area contributed by atoms with Crippen LogP contribution in [0.1, 0.15) is 22.3 Å². The van der Waals surface area contributed by atoms with E-state index in [0.717, 1.165) is 28.8 Å². The molecule has 156 valence electrons. The zero-order chi connectivity index (χ0) is 21.7. The Morgan fingerprint density at radius 3 is 2.70 bits per heavy atom. The molecule has 3 aromatic rings.